The van der Waals surface area contributed by atoms with Gasteiger partial charge in [0.1, 0.15) is 6.07 Å². The molecule has 0 amide bonds. The molecule has 0 aromatic heterocycles. The molecule has 1 atom stereocenters. The molecule has 0 bridgehead atoms. The normalized spacial score (nSPS) is 19.6. The Morgan fingerprint density at radius 3 is 2.95 bits per heavy atom. The van der Waals surface area contributed by atoms with E-state index in [2.05, 4.69) is 47.4 Å². The van der Waals surface area contributed by atoms with E-state index in [1.807, 2.05) is 13.1 Å². The maximum absolute atomic E-state index is 9.40. The second kappa shape index (κ2) is 6.74. The summed E-state index contributed by atoms with van der Waals surface area (Å²) in [6.07, 6.45) is 2.43. The number of hydrogen-bond acceptors (Lipinski definition) is 4. The minimum Gasteiger partial charge on any atom is -0.369 e. The zero-order valence-corrected chi connectivity index (χ0v) is 12.7. The molecule has 1 aromatic rings. The van der Waals surface area contributed by atoms with Crippen molar-refractivity contribution in [2.75, 3.05) is 39.1 Å². The van der Waals surface area contributed by atoms with Gasteiger partial charge in [-0.15, -0.1) is 0 Å². The fourth-order valence-electron chi connectivity index (χ4n) is 2.95. The number of anilines is 1. The summed E-state index contributed by atoms with van der Waals surface area (Å²) < 4.78 is 0. The lowest BCUT2D eigenvalue weighted by molar-refractivity contribution is 0.248. The highest BCUT2D eigenvalue weighted by molar-refractivity contribution is 5.60. The highest BCUT2D eigenvalue weighted by atomic mass is 15.2. The van der Waals surface area contributed by atoms with E-state index in [9.17, 15) is 5.26 Å². The predicted molar refractivity (Wildman–Crippen MR) is 82.8 cm³/mol. The number of hydrogen-bond donors (Lipinski definition) is 1. The summed E-state index contributed by atoms with van der Waals surface area (Å²) in [7, 11) is 6.20. The maximum atomic E-state index is 9.40. The van der Waals surface area contributed by atoms with Crippen LogP contribution in [0.3, 0.4) is 0 Å². The average molecular weight is 272 g/mol. The standard InChI is InChI=1S/C16H24N4/c1-18-11-13-6-7-16(14(9-13)10-17)20(3)15-5-4-8-19(2)12-15/h6-7,9,15,18H,4-5,8,11-12H2,1-3H3. The molecule has 0 spiro atoms. The number of likely N-dealkylation sites (tertiary alicyclic amines) is 1. The predicted octanol–water partition coefficient (Wildman–Crippen LogP) is 1.81. The van der Waals surface area contributed by atoms with E-state index >= 15 is 0 Å². The van der Waals surface area contributed by atoms with Gasteiger partial charge in [0.2, 0.25) is 0 Å². The number of nitrogens with one attached hydrogen (secondary N) is 1. The van der Waals surface area contributed by atoms with Crippen LogP contribution < -0.4 is 10.2 Å². The van der Waals surface area contributed by atoms with Gasteiger partial charge < -0.3 is 15.1 Å². The molecular weight excluding hydrogens is 248 g/mol. The molecule has 4 nitrogen and oxygen atoms in total. The topological polar surface area (TPSA) is 42.3 Å². The lowest BCUT2D eigenvalue weighted by Crippen LogP contribution is -2.45. The van der Waals surface area contributed by atoms with Crippen molar-refractivity contribution in [2.24, 2.45) is 0 Å². The monoisotopic (exact) mass is 272 g/mol. The molecule has 4 heteroatoms. The highest BCUT2D eigenvalue weighted by Crippen LogP contribution is 2.25. The minimum absolute atomic E-state index is 0.496. The molecule has 1 fully saturated rings. The van der Waals surface area contributed by atoms with E-state index in [-0.39, 0.29) is 0 Å². The van der Waals surface area contributed by atoms with Crippen molar-refractivity contribution in [3.63, 3.8) is 0 Å². The molecule has 1 heterocycles. The van der Waals surface area contributed by atoms with Crippen LogP contribution in [-0.4, -0.2) is 45.2 Å². The van der Waals surface area contributed by atoms with Gasteiger partial charge in [-0.2, -0.15) is 5.26 Å². The van der Waals surface area contributed by atoms with Crippen molar-refractivity contribution in [1.82, 2.24) is 10.2 Å². The summed E-state index contributed by atoms with van der Waals surface area (Å²) in [5.74, 6) is 0. The highest BCUT2D eigenvalue weighted by Gasteiger charge is 2.22. The Morgan fingerprint density at radius 2 is 2.30 bits per heavy atom. The number of benzene rings is 1. The second-order valence-corrected chi connectivity index (χ2v) is 5.66. The molecule has 20 heavy (non-hydrogen) atoms. The molecular formula is C16H24N4. The second-order valence-electron chi connectivity index (χ2n) is 5.66. The van der Waals surface area contributed by atoms with Crippen LogP contribution in [0.25, 0.3) is 0 Å². The Balaban J connectivity index is 2.20. The fourth-order valence-corrected chi connectivity index (χ4v) is 2.95. The van der Waals surface area contributed by atoms with Crippen molar-refractivity contribution in [3.05, 3.63) is 29.3 Å². The SMILES string of the molecule is CNCc1ccc(N(C)C2CCCN(C)C2)c(C#N)c1. The molecule has 1 N–H and O–H groups in total. The van der Waals surface area contributed by atoms with Crippen LogP contribution >= 0.6 is 0 Å². The Labute approximate surface area is 122 Å². The first-order valence-corrected chi connectivity index (χ1v) is 7.24. The van der Waals surface area contributed by atoms with Gasteiger partial charge in [-0.1, -0.05) is 6.07 Å². The molecule has 1 unspecified atom stereocenters. The Hall–Kier alpha value is -1.57. The van der Waals surface area contributed by atoms with Gasteiger partial charge in [0.05, 0.1) is 11.3 Å². The maximum Gasteiger partial charge on any atom is 0.101 e. The van der Waals surface area contributed by atoms with Gasteiger partial charge in [0.15, 0.2) is 0 Å². The first-order valence-electron chi connectivity index (χ1n) is 7.24. The van der Waals surface area contributed by atoms with E-state index in [1.54, 1.807) is 0 Å². The van der Waals surface area contributed by atoms with E-state index in [0.717, 1.165) is 29.9 Å². The minimum atomic E-state index is 0.496. The van der Waals surface area contributed by atoms with Crippen LogP contribution in [-0.2, 0) is 6.54 Å². The van der Waals surface area contributed by atoms with Crippen LogP contribution in [0.5, 0.6) is 0 Å². The number of rotatable bonds is 4. The Morgan fingerprint density at radius 1 is 1.50 bits per heavy atom. The molecule has 0 saturated carbocycles. The van der Waals surface area contributed by atoms with Gasteiger partial charge in [-0.3, -0.25) is 0 Å². The van der Waals surface area contributed by atoms with Crippen LogP contribution in [0.1, 0.15) is 24.0 Å². The quantitative estimate of drug-likeness (QED) is 0.907. The van der Waals surface area contributed by atoms with Crippen LogP contribution in [0.4, 0.5) is 5.69 Å². The number of likely N-dealkylation sites (N-methyl/N-ethyl adjacent to an activating group) is 2. The summed E-state index contributed by atoms with van der Waals surface area (Å²) in [5.41, 5.74) is 2.98. The van der Waals surface area contributed by atoms with Gasteiger partial charge >= 0.3 is 0 Å². The molecule has 1 aromatic carbocycles. The van der Waals surface area contributed by atoms with Crippen molar-refractivity contribution < 1.29 is 0 Å². The summed E-state index contributed by atoms with van der Waals surface area (Å²) in [5, 5.41) is 12.5. The van der Waals surface area contributed by atoms with E-state index in [4.69, 9.17) is 0 Å². The van der Waals surface area contributed by atoms with Crippen molar-refractivity contribution in [2.45, 2.75) is 25.4 Å². The smallest absolute Gasteiger partial charge is 0.101 e. The first-order chi connectivity index (χ1) is 9.65. The van der Waals surface area contributed by atoms with Crippen LogP contribution in [0.2, 0.25) is 0 Å². The summed E-state index contributed by atoms with van der Waals surface area (Å²) in [6.45, 7) is 3.04. The van der Waals surface area contributed by atoms with Gasteiger partial charge in [-0.25, -0.2) is 0 Å². The third kappa shape index (κ3) is 3.30. The van der Waals surface area contributed by atoms with Gasteiger partial charge in [0, 0.05) is 26.2 Å². The fraction of sp³-hybridized carbons (Fsp3) is 0.562. The molecule has 0 aliphatic carbocycles. The number of nitrogens with zero attached hydrogens (tertiary/aromatic N) is 3. The van der Waals surface area contributed by atoms with Crippen molar-refractivity contribution >= 4 is 5.69 Å². The van der Waals surface area contributed by atoms with Crippen molar-refractivity contribution in [1.29, 1.82) is 5.26 Å². The molecule has 108 valence electrons. The molecule has 2 rings (SSSR count). The summed E-state index contributed by atoms with van der Waals surface area (Å²) in [6, 6.07) is 9.02. The van der Waals surface area contributed by atoms with E-state index in [0.29, 0.717) is 6.04 Å². The largest absolute Gasteiger partial charge is 0.369 e. The Kier molecular flexibility index (Phi) is 4.99. The molecule has 0 radical (unpaired) electrons. The summed E-state index contributed by atoms with van der Waals surface area (Å²) in [4.78, 5) is 4.64. The third-order valence-corrected chi connectivity index (χ3v) is 4.09. The molecule has 1 saturated heterocycles. The Bertz CT molecular complexity index is 492. The molecule has 1 aliphatic rings. The number of piperidine rings is 1. The van der Waals surface area contributed by atoms with Crippen LogP contribution in [0, 0.1) is 11.3 Å². The average Bonchev–Trinajstić information content (AvgIpc) is 2.46. The molecule has 1 aliphatic heterocycles. The number of nitriles is 1. The van der Waals surface area contributed by atoms with Gasteiger partial charge in [0.25, 0.3) is 0 Å². The van der Waals surface area contributed by atoms with Crippen molar-refractivity contribution in [3.8, 4) is 6.07 Å². The first kappa shape index (κ1) is 14.8. The third-order valence-electron chi connectivity index (χ3n) is 4.09. The lowest BCUT2D eigenvalue weighted by atomic mass is 10.0. The van der Waals surface area contributed by atoms with E-state index < -0.39 is 0 Å². The summed E-state index contributed by atoms with van der Waals surface area (Å²) >= 11 is 0. The van der Waals surface area contributed by atoms with E-state index in [1.165, 1.54) is 19.4 Å². The lowest BCUT2D eigenvalue weighted by Gasteiger charge is -2.37. The van der Waals surface area contributed by atoms with Gasteiger partial charge in [-0.05, 0) is 51.2 Å². The zero-order valence-electron chi connectivity index (χ0n) is 12.7. The zero-order chi connectivity index (χ0) is 14.5. The van der Waals surface area contributed by atoms with Crippen LogP contribution in [0.15, 0.2) is 18.2 Å².